The lowest BCUT2D eigenvalue weighted by Crippen LogP contribution is -2.75. The van der Waals surface area contributed by atoms with Crippen LogP contribution in [-0.2, 0) is 9.47 Å². The van der Waals surface area contributed by atoms with Gasteiger partial charge in [-0.3, -0.25) is 0 Å². The van der Waals surface area contributed by atoms with E-state index < -0.39 is 0 Å². The monoisotopic (exact) mass is 244 g/mol. The summed E-state index contributed by atoms with van der Waals surface area (Å²) >= 11 is 0. The van der Waals surface area contributed by atoms with Crippen molar-refractivity contribution in [1.29, 1.82) is 0 Å². The van der Waals surface area contributed by atoms with Crippen LogP contribution in [0, 0.1) is 0 Å². The minimum absolute atomic E-state index is 0.0403. The van der Waals surface area contributed by atoms with Crippen LogP contribution in [0.4, 0.5) is 0 Å². The van der Waals surface area contributed by atoms with Gasteiger partial charge in [0.2, 0.25) is 0 Å². The number of nitrogens with one attached hydrogen (secondary N) is 1. The largest absolute Gasteiger partial charge is 0.394 e. The molecule has 0 aromatic heterocycles. The van der Waals surface area contributed by atoms with Gasteiger partial charge in [-0.1, -0.05) is 6.92 Å². The third kappa shape index (κ3) is 2.48. The molecule has 0 radical (unpaired) electrons. The molecule has 2 aliphatic heterocycles. The van der Waals surface area contributed by atoms with E-state index in [1.54, 1.807) is 0 Å². The van der Waals surface area contributed by atoms with Gasteiger partial charge in [0.15, 0.2) is 0 Å². The van der Waals surface area contributed by atoms with Gasteiger partial charge in [0.25, 0.3) is 0 Å². The van der Waals surface area contributed by atoms with E-state index in [2.05, 4.69) is 12.2 Å². The second kappa shape index (κ2) is 4.82. The summed E-state index contributed by atoms with van der Waals surface area (Å²) in [5.74, 6) is 0. The van der Waals surface area contributed by atoms with E-state index in [9.17, 15) is 5.11 Å². The van der Waals surface area contributed by atoms with Crippen molar-refractivity contribution in [3.8, 4) is 0 Å². The van der Waals surface area contributed by atoms with E-state index in [-0.39, 0.29) is 42.6 Å². The van der Waals surface area contributed by atoms with Crippen LogP contribution in [0.25, 0.3) is 0 Å². The zero-order valence-corrected chi connectivity index (χ0v) is 10.8. The SMILES string of the molecule is CCC(C)(C)OC1C(CO)OC2CNC2C1N. The molecule has 2 fully saturated rings. The summed E-state index contributed by atoms with van der Waals surface area (Å²) < 4.78 is 11.8. The summed E-state index contributed by atoms with van der Waals surface area (Å²) in [4.78, 5) is 0. The van der Waals surface area contributed by atoms with E-state index in [1.165, 1.54) is 0 Å². The molecule has 2 rings (SSSR count). The van der Waals surface area contributed by atoms with Crippen molar-refractivity contribution in [2.24, 2.45) is 5.73 Å². The van der Waals surface area contributed by atoms with Crippen LogP contribution in [0.3, 0.4) is 0 Å². The molecule has 0 spiro atoms. The van der Waals surface area contributed by atoms with E-state index in [4.69, 9.17) is 15.2 Å². The second-order valence-electron chi connectivity index (χ2n) is 5.60. The fourth-order valence-electron chi connectivity index (χ4n) is 2.37. The van der Waals surface area contributed by atoms with Crippen molar-refractivity contribution in [3.63, 3.8) is 0 Å². The number of hydrogen-bond acceptors (Lipinski definition) is 5. The molecule has 100 valence electrons. The molecule has 0 aliphatic carbocycles. The summed E-state index contributed by atoms with van der Waals surface area (Å²) in [5.41, 5.74) is 5.97. The number of nitrogens with two attached hydrogens (primary N) is 1. The number of fused-ring (bicyclic) bond motifs is 1. The highest BCUT2D eigenvalue weighted by molar-refractivity contribution is 5.06. The maximum absolute atomic E-state index is 9.40. The number of rotatable bonds is 4. The predicted octanol–water partition coefficient (Wildman–Crippen LogP) is -0.381. The predicted molar refractivity (Wildman–Crippen MR) is 64.8 cm³/mol. The highest BCUT2D eigenvalue weighted by Gasteiger charge is 2.49. The minimum Gasteiger partial charge on any atom is -0.394 e. The van der Waals surface area contributed by atoms with Gasteiger partial charge in [0.05, 0.1) is 30.4 Å². The van der Waals surface area contributed by atoms with Gasteiger partial charge in [-0.25, -0.2) is 0 Å². The third-order valence-corrected chi connectivity index (χ3v) is 3.95. The van der Waals surface area contributed by atoms with Gasteiger partial charge in [-0.15, -0.1) is 0 Å². The van der Waals surface area contributed by atoms with Crippen molar-refractivity contribution >= 4 is 0 Å². The van der Waals surface area contributed by atoms with Crippen molar-refractivity contribution in [3.05, 3.63) is 0 Å². The van der Waals surface area contributed by atoms with Gasteiger partial charge in [0, 0.05) is 6.54 Å². The van der Waals surface area contributed by atoms with Gasteiger partial charge < -0.3 is 25.6 Å². The average molecular weight is 244 g/mol. The van der Waals surface area contributed by atoms with Crippen LogP contribution in [0.2, 0.25) is 0 Å². The maximum atomic E-state index is 9.40. The summed E-state index contributed by atoms with van der Waals surface area (Å²) in [6.07, 6.45) is 0.477. The van der Waals surface area contributed by atoms with E-state index in [0.717, 1.165) is 13.0 Å². The van der Waals surface area contributed by atoms with Crippen molar-refractivity contribution in [2.45, 2.75) is 63.2 Å². The lowest BCUT2D eigenvalue weighted by Gasteiger charge is -2.52. The van der Waals surface area contributed by atoms with E-state index in [1.807, 2.05) is 13.8 Å². The first kappa shape index (κ1) is 13.2. The molecule has 5 nitrogen and oxygen atoms in total. The van der Waals surface area contributed by atoms with E-state index >= 15 is 0 Å². The van der Waals surface area contributed by atoms with Gasteiger partial charge in [-0.05, 0) is 20.3 Å². The fourth-order valence-corrected chi connectivity index (χ4v) is 2.37. The quantitative estimate of drug-likeness (QED) is 0.628. The molecule has 0 aromatic carbocycles. The molecule has 2 heterocycles. The molecule has 17 heavy (non-hydrogen) atoms. The molecule has 2 aliphatic rings. The van der Waals surface area contributed by atoms with Gasteiger partial charge in [0.1, 0.15) is 12.2 Å². The van der Waals surface area contributed by atoms with Crippen LogP contribution in [0.1, 0.15) is 27.2 Å². The Morgan fingerprint density at radius 2 is 2.24 bits per heavy atom. The van der Waals surface area contributed by atoms with Crippen LogP contribution < -0.4 is 11.1 Å². The molecule has 4 N–H and O–H groups in total. The Balaban J connectivity index is 2.06. The Kier molecular flexibility index (Phi) is 3.75. The topological polar surface area (TPSA) is 76.7 Å². The third-order valence-electron chi connectivity index (χ3n) is 3.95. The molecule has 2 saturated heterocycles. The average Bonchev–Trinajstić information content (AvgIpc) is 2.25. The zero-order chi connectivity index (χ0) is 12.6. The Morgan fingerprint density at radius 1 is 1.53 bits per heavy atom. The van der Waals surface area contributed by atoms with Crippen LogP contribution in [0.15, 0.2) is 0 Å². The first-order valence-corrected chi connectivity index (χ1v) is 6.41. The molecule has 5 unspecified atom stereocenters. The smallest absolute Gasteiger partial charge is 0.109 e. The first-order valence-electron chi connectivity index (χ1n) is 6.41. The Bertz CT molecular complexity index is 270. The summed E-state index contributed by atoms with van der Waals surface area (Å²) in [6.45, 7) is 6.93. The van der Waals surface area contributed by atoms with Crippen LogP contribution >= 0.6 is 0 Å². The molecular weight excluding hydrogens is 220 g/mol. The van der Waals surface area contributed by atoms with Gasteiger partial charge >= 0.3 is 0 Å². The molecule has 0 saturated carbocycles. The van der Waals surface area contributed by atoms with Gasteiger partial charge in [-0.2, -0.15) is 0 Å². The number of ether oxygens (including phenoxy) is 2. The zero-order valence-electron chi connectivity index (χ0n) is 10.8. The number of aliphatic hydroxyl groups is 1. The standard InChI is InChI=1S/C12H24N2O3/c1-4-12(2,3)17-11-8(6-15)16-7-5-14-10(7)9(11)13/h7-11,14-15H,4-6,13H2,1-3H3. The molecule has 5 atom stereocenters. The highest BCUT2D eigenvalue weighted by Crippen LogP contribution is 2.30. The summed E-state index contributed by atoms with van der Waals surface area (Å²) in [6, 6.07) is 0.0425. The molecule has 0 aromatic rings. The number of aliphatic hydroxyl groups excluding tert-OH is 1. The van der Waals surface area contributed by atoms with Crippen molar-refractivity contribution in [2.75, 3.05) is 13.2 Å². The van der Waals surface area contributed by atoms with Crippen molar-refractivity contribution in [1.82, 2.24) is 5.32 Å². The second-order valence-corrected chi connectivity index (χ2v) is 5.60. The van der Waals surface area contributed by atoms with Crippen molar-refractivity contribution < 1.29 is 14.6 Å². The maximum Gasteiger partial charge on any atom is 0.109 e. The Labute approximate surface area is 103 Å². The Hall–Kier alpha value is -0.200. The lowest BCUT2D eigenvalue weighted by atomic mass is 9.85. The highest BCUT2D eigenvalue weighted by atomic mass is 16.6. The summed E-state index contributed by atoms with van der Waals surface area (Å²) in [5, 5.41) is 12.7. The number of hydrogen-bond donors (Lipinski definition) is 3. The van der Waals surface area contributed by atoms with Crippen LogP contribution in [0.5, 0.6) is 0 Å². The summed E-state index contributed by atoms with van der Waals surface area (Å²) in [7, 11) is 0. The van der Waals surface area contributed by atoms with E-state index in [0.29, 0.717) is 0 Å². The normalized spacial score (nSPS) is 41.8. The molecule has 0 bridgehead atoms. The molecular formula is C12H24N2O3. The lowest BCUT2D eigenvalue weighted by molar-refractivity contribution is -0.221. The molecule has 5 heteroatoms. The first-order chi connectivity index (χ1) is 7.98. The fraction of sp³-hybridized carbons (Fsp3) is 1.00. The Morgan fingerprint density at radius 3 is 2.71 bits per heavy atom. The molecule has 0 amide bonds. The van der Waals surface area contributed by atoms with Crippen LogP contribution in [-0.4, -0.2) is 54.3 Å². The minimum atomic E-state index is -0.306.